The fourth-order valence-corrected chi connectivity index (χ4v) is 0.664. The van der Waals surface area contributed by atoms with Crippen LogP contribution in [0.5, 0.6) is 0 Å². The van der Waals surface area contributed by atoms with Gasteiger partial charge in [-0.1, -0.05) is 5.57 Å². The molecule has 0 aliphatic heterocycles. The number of aliphatic carboxylic acids is 2. The van der Waals surface area contributed by atoms with E-state index in [1.807, 2.05) is 0 Å². The maximum Gasteiger partial charge on any atom is 0.331 e. The van der Waals surface area contributed by atoms with Gasteiger partial charge in [0.05, 0.1) is 0 Å². The van der Waals surface area contributed by atoms with Crippen LogP contribution >= 0.6 is 0 Å². The molecule has 0 rings (SSSR count). The lowest BCUT2D eigenvalue weighted by Gasteiger charge is -2.00. The summed E-state index contributed by atoms with van der Waals surface area (Å²) in [5.41, 5.74) is 0.848. The molecule has 4 nitrogen and oxygen atoms in total. The minimum Gasteiger partial charge on any atom is -0.481 e. The van der Waals surface area contributed by atoms with E-state index in [-0.39, 0.29) is 12.0 Å². The highest BCUT2D eigenvalue weighted by atomic mass is 16.4. The summed E-state index contributed by atoms with van der Waals surface area (Å²) in [6.45, 7) is 3.10. The van der Waals surface area contributed by atoms with Gasteiger partial charge in [0.15, 0.2) is 0 Å². The first kappa shape index (κ1) is 10.7. The van der Waals surface area contributed by atoms with Gasteiger partial charge in [-0.05, 0) is 20.3 Å². The Kier molecular flexibility index (Phi) is 4.04. The van der Waals surface area contributed by atoms with Crippen LogP contribution in [0, 0.1) is 0 Å². The molecule has 0 unspecified atom stereocenters. The van der Waals surface area contributed by atoms with Crippen LogP contribution in [0.4, 0.5) is 0 Å². The number of carboxylic acids is 2. The maximum atomic E-state index is 10.4. The molecule has 0 aromatic carbocycles. The van der Waals surface area contributed by atoms with Crippen LogP contribution in [0.1, 0.15) is 26.7 Å². The van der Waals surface area contributed by atoms with E-state index in [0.29, 0.717) is 12.0 Å². The average Bonchev–Trinajstić information content (AvgIpc) is 1.98. The van der Waals surface area contributed by atoms with Gasteiger partial charge in [-0.2, -0.15) is 0 Å². The van der Waals surface area contributed by atoms with Crippen LogP contribution < -0.4 is 0 Å². The minimum atomic E-state index is -0.988. The Hall–Kier alpha value is -1.32. The molecule has 0 radical (unpaired) electrons. The fraction of sp³-hybridized carbons (Fsp3) is 0.500. The summed E-state index contributed by atoms with van der Waals surface area (Å²) in [6, 6.07) is 0. The summed E-state index contributed by atoms with van der Waals surface area (Å²) in [5, 5.41) is 16.8. The second-order valence-corrected chi connectivity index (χ2v) is 2.60. The summed E-state index contributed by atoms with van der Waals surface area (Å²) in [4.78, 5) is 20.5. The van der Waals surface area contributed by atoms with Gasteiger partial charge in [-0.15, -0.1) is 0 Å². The third-order valence-electron chi connectivity index (χ3n) is 1.67. The Morgan fingerprint density at radius 2 is 1.58 bits per heavy atom. The van der Waals surface area contributed by atoms with Crippen LogP contribution in [0.15, 0.2) is 11.1 Å². The summed E-state index contributed by atoms with van der Waals surface area (Å²) in [5.74, 6) is -1.90. The fourth-order valence-electron chi connectivity index (χ4n) is 0.664. The maximum absolute atomic E-state index is 10.4. The van der Waals surface area contributed by atoms with Crippen molar-refractivity contribution in [3.05, 3.63) is 11.1 Å². The molecule has 12 heavy (non-hydrogen) atoms. The highest BCUT2D eigenvalue weighted by Crippen LogP contribution is 2.09. The first-order chi connectivity index (χ1) is 5.45. The second-order valence-electron chi connectivity index (χ2n) is 2.60. The zero-order valence-electron chi connectivity index (χ0n) is 7.13. The first-order valence-electron chi connectivity index (χ1n) is 3.56. The smallest absolute Gasteiger partial charge is 0.331 e. The lowest BCUT2D eigenvalue weighted by Crippen LogP contribution is -2.01. The topological polar surface area (TPSA) is 74.6 Å². The first-order valence-corrected chi connectivity index (χ1v) is 3.56. The quantitative estimate of drug-likeness (QED) is 0.626. The van der Waals surface area contributed by atoms with Crippen LogP contribution in [-0.2, 0) is 9.59 Å². The standard InChI is InChI=1S/C8H12O4/c1-5(3-4-7(9)10)6(2)8(11)12/h3-4H2,1-2H3,(H,9,10)(H,11,12)/b6-5+. The molecule has 0 saturated heterocycles. The molecule has 0 aliphatic rings. The number of allylic oxidation sites excluding steroid dienone is 1. The highest BCUT2D eigenvalue weighted by Gasteiger charge is 2.06. The van der Waals surface area contributed by atoms with Crippen LogP contribution in [0.2, 0.25) is 0 Å². The van der Waals surface area contributed by atoms with Gasteiger partial charge >= 0.3 is 11.9 Å². The van der Waals surface area contributed by atoms with Crippen molar-refractivity contribution in [3.63, 3.8) is 0 Å². The predicted octanol–water partition coefficient (Wildman–Crippen LogP) is 1.27. The molecule has 0 saturated carbocycles. The van der Waals surface area contributed by atoms with E-state index in [1.54, 1.807) is 6.92 Å². The van der Waals surface area contributed by atoms with E-state index in [2.05, 4.69) is 0 Å². The normalized spacial score (nSPS) is 12.2. The van der Waals surface area contributed by atoms with Crippen LogP contribution in [-0.4, -0.2) is 22.2 Å². The third-order valence-corrected chi connectivity index (χ3v) is 1.67. The molecule has 4 heteroatoms. The Balaban J connectivity index is 4.18. The summed E-state index contributed by atoms with van der Waals surface area (Å²) in [7, 11) is 0. The van der Waals surface area contributed by atoms with Crippen molar-refractivity contribution in [1.29, 1.82) is 0 Å². The Bertz CT molecular complexity index is 227. The van der Waals surface area contributed by atoms with Crippen LogP contribution in [0.25, 0.3) is 0 Å². The Labute approximate surface area is 70.5 Å². The Morgan fingerprint density at radius 3 is 1.92 bits per heavy atom. The number of rotatable bonds is 4. The summed E-state index contributed by atoms with van der Waals surface area (Å²) >= 11 is 0. The molecule has 0 aromatic heterocycles. The van der Waals surface area contributed by atoms with Gasteiger partial charge in [0.1, 0.15) is 0 Å². The molecule has 0 bridgehead atoms. The molecule has 0 amide bonds. The molecule has 68 valence electrons. The summed E-state index contributed by atoms with van der Waals surface area (Å²) < 4.78 is 0. The number of carboxylic acid groups (broad SMARTS) is 2. The van der Waals surface area contributed by atoms with Crippen molar-refractivity contribution in [2.75, 3.05) is 0 Å². The van der Waals surface area contributed by atoms with E-state index in [4.69, 9.17) is 10.2 Å². The van der Waals surface area contributed by atoms with E-state index >= 15 is 0 Å². The second kappa shape index (κ2) is 4.54. The van der Waals surface area contributed by atoms with E-state index < -0.39 is 11.9 Å². The number of carbonyl (C=O) groups is 2. The van der Waals surface area contributed by atoms with Crippen molar-refractivity contribution in [1.82, 2.24) is 0 Å². The van der Waals surface area contributed by atoms with Gasteiger partial charge in [0.25, 0.3) is 0 Å². The average molecular weight is 172 g/mol. The van der Waals surface area contributed by atoms with E-state index in [0.717, 1.165) is 0 Å². The van der Waals surface area contributed by atoms with Crippen molar-refractivity contribution in [2.45, 2.75) is 26.7 Å². The zero-order valence-corrected chi connectivity index (χ0v) is 7.13. The minimum absolute atomic E-state index is 0.0174. The highest BCUT2D eigenvalue weighted by molar-refractivity contribution is 5.86. The summed E-state index contributed by atoms with van der Waals surface area (Å²) in [6.07, 6.45) is 0.282. The van der Waals surface area contributed by atoms with Crippen molar-refractivity contribution < 1.29 is 19.8 Å². The van der Waals surface area contributed by atoms with Gasteiger partial charge in [-0.25, -0.2) is 4.79 Å². The Morgan fingerprint density at radius 1 is 1.08 bits per heavy atom. The number of hydrogen-bond donors (Lipinski definition) is 2. The van der Waals surface area contributed by atoms with Crippen molar-refractivity contribution in [2.24, 2.45) is 0 Å². The molecule has 0 fully saturated rings. The van der Waals surface area contributed by atoms with Crippen LogP contribution in [0.3, 0.4) is 0 Å². The van der Waals surface area contributed by atoms with Gasteiger partial charge in [0, 0.05) is 12.0 Å². The van der Waals surface area contributed by atoms with Crippen molar-refractivity contribution in [3.8, 4) is 0 Å². The largest absolute Gasteiger partial charge is 0.481 e. The van der Waals surface area contributed by atoms with Gasteiger partial charge in [-0.3, -0.25) is 4.79 Å². The zero-order chi connectivity index (χ0) is 9.72. The molecule has 2 N–H and O–H groups in total. The third kappa shape index (κ3) is 3.75. The molecule has 0 aliphatic carbocycles. The van der Waals surface area contributed by atoms with E-state index in [9.17, 15) is 9.59 Å². The van der Waals surface area contributed by atoms with Gasteiger partial charge < -0.3 is 10.2 Å². The number of hydrogen-bond acceptors (Lipinski definition) is 2. The lowest BCUT2D eigenvalue weighted by atomic mass is 10.1. The molecular formula is C8H12O4. The monoisotopic (exact) mass is 172 g/mol. The van der Waals surface area contributed by atoms with Gasteiger partial charge in [0.2, 0.25) is 0 Å². The lowest BCUT2D eigenvalue weighted by molar-refractivity contribution is -0.137. The molecule has 0 aromatic rings. The molecule has 0 spiro atoms. The SMILES string of the molecule is C/C(CCC(=O)O)=C(/C)C(=O)O. The molecule has 0 heterocycles. The molecule has 0 atom stereocenters. The van der Waals surface area contributed by atoms with E-state index in [1.165, 1.54) is 6.92 Å². The van der Waals surface area contributed by atoms with Crippen molar-refractivity contribution >= 4 is 11.9 Å². The predicted molar refractivity (Wildman–Crippen MR) is 42.9 cm³/mol. The molecular weight excluding hydrogens is 160 g/mol.